The summed E-state index contributed by atoms with van der Waals surface area (Å²) in [5.74, 6) is 0.920. The van der Waals surface area contributed by atoms with Crippen molar-refractivity contribution >= 4 is 35.9 Å². The first-order valence-corrected chi connectivity index (χ1v) is 11.5. The van der Waals surface area contributed by atoms with E-state index < -0.39 is 6.09 Å². The average Bonchev–Trinajstić information content (AvgIpc) is 2.79. The molecule has 184 valence electrons. The number of amides is 2. The van der Waals surface area contributed by atoms with Gasteiger partial charge in [0.1, 0.15) is 5.82 Å². The van der Waals surface area contributed by atoms with Gasteiger partial charge in [0.15, 0.2) is 0 Å². The number of anilines is 2. The van der Waals surface area contributed by atoms with Crippen LogP contribution < -0.4 is 15.1 Å². The van der Waals surface area contributed by atoms with Crippen molar-refractivity contribution in [1.29, 1.82) is 0 Å². The molecule has 2 aliphatic heterocycles. The van der Waals surface area contributed by atoms with Crippen molar-refractivity contribution < 1.29 is 19.1 Å². The maximum atomic E-state index is 12.4. The highest BCUT2D eigenvalue weighted by Crippen LogP contribution is 2.39. The molecule has 8 nitrogen and oxygen atoms in total. The zero-order valence-electron chi connectivity index (χ0n) is 20.1. The van der Waals surface area contributed by atoms with Gasteiger partial charge in [-0.25, -0.2) is 9.78 Å². The number of alkyl carbamates (subject to hydrolysis) is 1. The number of hydrogen-bond donors (Lipinski definition) is 1. The summed E-state index contributed by atoms with van der Waals surface area (Å²) in [4.78, 5) is 33.4. The first-order chi connectivity index (χ1) is 15.8. The van der Waals surface area contributed by atoms with Crippen LogP contribution in [0.3, 0.4) is 0 Å². The Kier molecular flexibility index (Phi) is 8.38. The Morgan fingerprint density at radius 3 is 2.47 bits per heavy atom. The van der Waals surface area contributed by atoms with Gasteiger partial charge in [-0.2, -0.15) is 0 Å². The predicted molar refractivity (Wildman–Crippen MR) is 135 cm³/mol. The van der Waals surface area contributed by atoms with Gasteiger partial charge < -0.3 is 24.6 Å². The zero-order valence-corrected chi connectivity index (χ0v) is 20.9. The zero-order chi connectivity index (χ0) is 23.5. The number of aromatic nitrogens is 1. The third-order valence-electron chi connectivity index (χ3n) is 6.07. The van der Waals surface area contributed by atoms with Crippen LogP contribution in [0.2, 0.25) is 0 Å². The molecule has 0 aliphatic carbocycles. The number of pyridine rings is 1. The van der Waals surface area contributed by atoms with Crippen LogP contribution in [0.5, 0.6) is 0 Å². The van der Waals surface area contributed by atoms with Gasteiger partial charge in [0.05, 0.1) is 25.4 Å². The van der Waals surface area contributed by atoms with Crippen LogP contribution in [-0.4, -0.2) is 55.4 Å². The Labute approximate surface area is 207 Å². The molecule has 9 heteroatoms. The lowest BCUT2D eigenvalue weighted by Crippen LogP contribution is -2.45. The molecule has 1 aromatic carbocycles. The molecule has 4 rings (SSSR count). The minimum atomic E-state index is -0.452. The number of ether oxygens (including phenoxy) is 2. The van der Waals surface area contributed by atoms with Gasteiger partial charge in [-0.05, 0) is 62.6 Å². The number of carbonyl (C=O) groups excluding carboxylic acids is 2. The largest absolute Gasteiger partial charge is 0.447 e. The standard InChI is InChI=1S/C25H32N4O4.ClH/c1-16(2)33-25(31)27-22-13-17(3)29(18(4)30)23-7-5-19(14-21(22)23)20-6-8-24(26-15-20)28-9-11-32-12-10-28;/h5-8,14-17,22H,9-13H2,1-4H3,(H,27,31);1H/t17-,22+;/m0./s1. The first kappa shape index (κ1) is 25.8. The predicted octanol–water partition coefficient (Wildman–Crippen LogP) is 4.33. The van der Waals surface area contributed by atoms with Gasteiger partial charge in [-0.3, -0.25) is 4.79 Å². The van der Waals surface area contributed by atoms with E-state index in [-0.39, 0.29) is 36.5 Å². The summed E-state index contributed by atoms with van der Waals surface area (Å²) < 4.78 is 10.7. The van der Waals surface area contributed by atoms with E-state index in [0.29, 0.717) is 19.6 Å². The SMILES string of the molecule is CC(=O)N1c2ccc(-c3ccc(N4CCOCC4)nc3)cc2[C@H](NC(=O)OC(C)C)C[C@@H]1C.Cl. The van der Waals surface area contributed by atoms with Crippen LogP contribution in [0, 0.1) is 0 Å². The van der Waals surface area contributed by atoms with Crippen molar-refractivity contribution in [3.8, 4) is 11.1 Å². The van der Waals surface area contributed by atoms with E-state index in [2.05, 4.69) is 21.3 Å². The maximum absolute atomic E-state index is 12.4. The van der Waals surface area contributed by atoms with Crippen LogP contribution in [-0.2, 0) is 14.3 Å². The summed E-state index contributed by atoms with van der Waals surface area (Å²) >= 11 is 0. The molecule has 1 N–H and O–H groups in total. The number of rotatable bonds is 4. The normalized spacial score (nSPS) is 19.8. The lowest BCUT2D eigenvalue weighted by Gasteiger charge is -2.39. The lowest BCUT2D eigenvalue weighted by atomic mass is 9.89. The Bertz CT molecular complexity index is 1010. The fourth-order valence-electron chi connectivity index (χ4n) is 4.59. The topological polar surface area (TPSA) is 84.0 Å². The van der Waals surface area contributed by atoms with Crippen LogP contribution >= 0.6 is 12.4 Å². The summed E-state index contributed by atoms with van der Waals surface area (Å²) in [6, 6.07) is 9.80. The third kappa shape index (κ3) is 5.62. The van der Waals surface area contributed by atoms with E-state index in [4.69, 9.17) is 9.47 Å². The molecule has 1 fully saturated rings. The van der Waals surface area contributed by atoms with E-state index in [1.54, 1.807) is 11.8 Å². The third-order valence-corrected chi connectivity index (χ3v) is 6.07. The Morgan fingerprint density at radius 2 is 1.85 bits per heavy atom. The van der Waals surface area contributed by atoms with Gasteiger partial charge in [-0.1, -0.05) is 6.07 Å². The highest BCUT2D eigenvalue weighted by molar-refractivity contribution is 5.94. The lowest BCUT2D eigenvalue weighted by molar-refractivity contribution is -0.117. The number of hydrogen-bond acceptors (Lipinski definition) is 6. The molecule has 0 unspecified atom stereocenters. The molecule has 2 amide bonds. The molecule has 1 saturated heterocycles. The first-order valence-electron chi connectivity index (χ1n) is 11.5. The van der Waals surface area contributed by atoms with Crippen LogP contribution in [0.1, 0.15) is 45.7 Å². The fraction of sp³-hybridized carbons (Fsp3) is 0.480. The molecular weight excluding hydrogens is 456 g/mol. The fourth-order valence-corrected chi connectivity index (χ4v) is 4.59. The van der Waals surface area contributed by atoms with Crippen molar-refractivity contribution in [1.82, 2.24) is 10.3 Å². The second-order valence-electron chi connectivity index (χ2n) is 8.90. The highest BCUT2D eigenvalue weighted by Gasteiger charge is 2.33. The molecule has 0 saturated carbocycles. The van der Waals surface area contributed by atoms with Crippen molar-refractivity contribution in [2.45, 2.75) is 52.3 Å². The maximum Gasteiger partial charge on any atom is 0.407 e. The summed E-state index contributed by atoms with van der Waals surface area (Å²) in [6.07, 6.45) is 1.82. The second kappa shape index (κ2) is 11.1. The van der Waals surface area contributed by atoms with Gasteiger partial charge in [0, 0.05) is 43.5 Å². The van der Waals surface area contributed by atoms with Gasteiger partial charge in [0.2, 0.25) is 5.91 Å². The molecule has 0 bridgehead atoms. The molecule has 2 aliphatic rings. The Hall–Kier alpha value is -2.84. The number of carbonyl (C=O) groups is 2. The number of morpholine rings is 1. The summed E-state index contributed by atoms with van der Waals surface area (Å²) in [7, 11) is 0. The highest BCUT2D eigenvalue weighted by atomic mass is 35.5. The number of nitrogens with one attached hydrogen (secondary N) is 1. The van der Waals surface area contributed by atoms with E-state index in [0.717, 1.165) is 41.3 Å². The molecule has 0 spiro atoms. The Balaban J connectivity index is 0.00000324. The quantitative estimate of drug-likeness (QED) is 0.689. The van der Waals surface area contributed by atoms with Gasteiger partial charge >= 0.3 is 6.09 Å². The summed E-state index contributed by atoms with van der Waals surface area (Å²) in [5.41, 5.74) is 3.68. The van der Waals surface area contributed by atoms with E-state index in [1.807, 2.05) is 51.2 Å². The van der Waals surface area contributed by atoms with Crippen molar-refractivity contribution in [3.63, 3.8) is 0 Å². The van der Waals surface area contributed by atoms with E-state index >= 15 is 0 Å². The van der Waals surface area contributed by atoms with E-state index in [1.165, 1.54) is 0 Å². The summed E-state index contributed by atoms with van der Waals surface area (Å²) in [6.45, 7) is 10.3. The molecule has 34 heavy (non-hydrogen) atoms. The molecular formula is C25H33ClN4O4. The molecule has 0 radical (unpaired) electrons. The van der Waals surface area contributed by atoms with Crippen molar-refractivity contribution in [2.75, 3.05) is 36.1 Å². The van der Waals surface area contributed by atoms with Crippen molar-refractivity contribution in [3.05, 3.63) is 42.1 Å². The van der Waals surface area contributed by atoms with Crippen LogP contribution in [0.4, 0.5) is 16.3 Å². The van der Waals surface area contributed by atoms with Crippen LogP contribution in [0.15, 0.2) is 36.5 Å². The van der Waals surface area contributed by atoms with Gasteiger partial charge in [-0.15, -0.1) is 12.4 Å². The minimum Gasteiger partial charge on any atom is -0.447 e. The average molecular weight is 489 g/mol. The van der Waals surface area contributed by atoms with E-state index in [9.17, 15) is 9.59 Å². The second-order valence-corrected chi connectivity index (χ2v) is 8.90. The molecule has 1 aromatic heterocycles. The monoisotopic (exact) mass is 488 g/mol. The summed E-state index contributed by atoms with van der Waals surface area (Å²) in [5, 5.41) is 2.99. The smallest absolute Gasteiger partial charge is 0.407 e. The number of benzene rings is 1. The number of nitrogens with zero attached hydrogens (tertiary/aromatic N) is 3. The van der Waals surface area contributed by atoms with Crippen molar-refractivity contribution in [2.24, 2.45) is 0 Å². The molecule has 2 atom stereocenters. The number of fused-ring (bicyclic) bond motifs is 1. The Morgan fingerprint density at radius 1 is 1.15 bits per heavy atom. The molecule has 2 aromatic rings. The molecule has 3 heterocycles. The minimum absolute atomic E-state index is 0. The van der Waals surface area contributed by atoms with Crippen LogP contribution in [0.25, 0.3) is 11.1 Å². The van der Waals surface area contributed by atoms with Gasteiger partial charge in [0.25, 0.3) is 0 Å². The number of halogens is 1.